The number of hydrogen-bond donors (Lipinski definition) is 2. The molecule has 0 spiro atoms. The van der Waals surface area contributed by atoms with Crippen molar-refractivity contribution in [1.82, 2.24) is 9.47 Å². The van der Waals surface area contributed by atoms with Crippen molar-refractivity contribution in [3.05, 3.63) is 124 Å². The molecule has 0 radical (unpaired) electrons. The number of morpholine rings is 1. The van der Waals surface area contributed by atoms with Gasteiger partial charge in [0.1, 0.15) is 0 Å². The number of carbonyl (C=O) groups is 3. The number of benzene rings is 3. The van der Waals surface area contributed by atoms with Crippen LogP contribution in [0.15, 0.2) is 90.4 Å². The fraction of sp³-hybridized carbons (Fsp3) is 0.243. The Kier molecular flexibility index (Phi) is 10.0. The summed E-state index contributed by atoms with van der Waals surface area (Å²) in [6.07, 6.45) is 3.19. The Morgan fingerprint density at radius 2 is 1.68 bits per heavy atom. The van der Waals surface area contributed by atoms with Crippen LogP contribution in [0.4, 0.5) is 17.1 Å². The van der Waals surface area contributed by atoms with E-state index in [0.29, 0.717) is 54.4 Å². The third-order valence-corrected chi connectivity index (χ3v) is 8.25. The average molecular weight is 634 g/mol. The lowest BCUT2D eigenvalue weighted by atomic mass is 9.96. The third-order valence-electron chi connectivity index (χ3n) is 8.25. The second-order valence-corrected chi connectivity index (χ2v) is 11.7. The van der Waals surface area contributed by atoms with Crippen molar-refractivity contribution in [3.8, 4) is 11.1 Å². The minimum Gasteiger partial charge on any atom is -0.378 e. The first-order chi connectivity index (χ1) is 22.5. The van der Waals surface area contributed by atoms with E-state index in [1.807, 2.05) is 62.3 Å². The van der Waals surface area contributed by atoms with Crippen LogP contribution in [0, 0.1) is 6.92 Å². The number of pyridine rings is 1. The normalized spacial score (nSPS) is 12.7. The Labute approximate surface area is 274 Å². The van der Waals surface area contributed by atoms with Crippen molar-refractivity contribution < 1.29 is 19.1 Å². The molecule has 10 nitrogen and oxygen atoms in total. The van der Waals surface area contributed by atoms with E-state index >= 15 is 0 Å². The maximum atomic E-state index is 13.3. The molecular weight excluding hydrogens is 594 g/mol. The summed E-state index contributed by atoms with van der Waals surface area (Å²) in [7, 11) is 5.59. The number of anilines is 3. The second kappa shape index (κ2) is 14.3. The average Bonchev–Trinajstić information content (AvgIpc) is 3.07. The molecule has 0 saturated carbocycles. The first-order valence-electron chi connectivity index (χ1n) is 15.4. The lowest BCUT2D eigenvalue weighted by Gasteiger charge is -2.27. The van der Waals surface area contributed by atoms with Crippen molar-refractivity contribution >= 4 is 34.8 Å². The van der Waals surface area contributed by atoms with Gasteiger partial charge in [-0.3, -0.25) is 19.2 Å². The van der Waals surface area contributed by atoms with Gasteiger partial charge in [0.2, 0.25) is 5.91 Å². The summed E-state index contributed by atoms with van der Waals surface area (Å²) in [6, 6.07) is 20.1. The fourth-order valence-corrected chi connectivity index (χ4v) is 5.58. The van der Waals surface area contributed by atoms with Gasteiger partial charge in [0, 0.05) is 69.4 Å². The number of hydrogen-bond acceptors (Lipinski definition) is 6. The monoisotopic (exact) mass is 633 g/mol. The maximum absolute atomic E-state index is 13.3. The fourth-order valence-electron chi connectivity index (χ4n) is 5.58. The highest BCUT2D eigenvalue weighted by Crippen LogP contribution is 2.30. The van der Waals surface area contributed by atoms with E-state index in [1.54, 1.807) is 53.0 Å². The molecule has 2 heterocycles. The van der Waals surface area contributed by atoms with Gasteiger partial charge in [-0.15, -0.1) is 0 Å². The lowest BCUT2D eigenvalue weighted by molar-refractivity contribution is -0.111. The molecule has 3 aromatic carbocycles. The number of aromatic nitrogens is 1. The highest BCUT2D eigenvalue weighted by molar-refractivity contribution is 6.07. The molecule has 1 aliphatic heterocycles. The number of amides is 3. The Morgan fingerprint density at radius 1 is 0.957 bits per heavy atom. The van der Waals surface area contributed by atoms with Crippen molar-refractivity contribution in [2.24, 2.45) is 7.05 Å². The summed E-state index contributed by atoms with van der Waals surface area (Å²) in [5, 5.41) is 5.79. The van der Waals surface area contributed by atoms with Gasteiger partial charge >= 0.3 is 0 Å². The minimum atomic E-state index is -0.441. The molecule has 1 aromatic heterocycles. The molecule has 10 heteroatoms. The molecule has 4 aromatic rings. The molecule has 47 heavy (non-hydrogen) atoms. The molecule has 0 bridgehead atoms. The second-order valence-electron chi connectivity index (χ2n) is 11.7. The topological polar surface area (TPSA) is 113 Å². The molecule has 3 amide bonds. The van der Waals surface area contributed by atoms with E-state index in [4.69, 9.17) is 4.74 Å². The number of ether oxygens (including phenoxy) is 1. The van der Waals surface area contributed by atoms with E-state index in [-0.39, 0.29) is 23.8 Å². The molecule has 0 atom stereocenters. The van der Waals surface area contributed by atoms with E-state index in [0.717, 1.165) is 34.0 Å². The van der Waals surface area contributed by atoms with Crippen molar-refractivity contribution in [2.75, 3.05) is 55.9 Å². The molecule has 1 saturated heterocycles. The zero-order valence-corrected chi connectivity index (χ0v) is 27.1. The van der Waals surface area contributed by atoms with Crippen LogP contribution in [-0.4, -0.2) is 67.6 Å². The number of carbonyl (C=O) groups excluding carboxylic acids is 3. The molecular formula is C37H39N5O5. The minimum absolute atomic E-state index is 0.165. The highest BCUT2D eigenvalue weighted by atomic mass is 16.5. The number of nitrogens with one attached hydrogen (secondary N) is 2. The SMILES string of the molecule is C=CC(=O)Nc1cc(Cc2cc(-c3cccc(NC(=O)c4ccc(N(C)C)cc4)c3C)cn(C)c2=O)ccc1C(=O)N1CCOCC1. The van der Waals surface area contributed by atoms with Crippen LogP contribution < -0.4 is 21.1 Å². The van der Waals surface area contributed by atoms with Crippen molar-refractivity contribution in [3.63, 3.8) is 0 Å². The van der Waals surface area contributed by atoms with Gasteiger partial charge < -0.3 is 29.7 Å². The van der Waals surface area contributed by atoms with E-state index in [2.05, 4.69) is 17.2 Å². The first kappa shape index (κ1) is 32.9. The van der Waals surface area contributed by atoms with Gasteiger partial charge in [-0.05, 0) is 83.8 Å². The van der Waals surface area contributed by atoms with Crippen LogP contribution in [0.2, 0.25) is 0 Å². The van der Waals surface area contributed by atoms with Crippen LogP contribution in [0.1, 0.15) is 37.4 Å². The summed E-state index contributed by atoms with van der Waals surface area (Å²) in [5.74, 6) is -0.860. The molecule has 242 valence electrons. The zero-order valence-electron chi connectivity index (χ0n) is 27.1. The predicted octanol–water partition coefficient (Wildman–Crippen LogP) is 4.87. The number of rotatable bonds is 9. The summed E-state index contributed by atoms with van der Waals surface area (Å²) in [5.41, 5.74) is 6.58. The first-order valence-corrected chi connectivity index (χ1v) is 15.4. The lowest BCUT2D eigenvalue weighted by Crippen LogP contribution is -2.41. The predicted molar refractivity (Wildman–Crippen MR) is 185 cm³/mol. The molecule has 5 rings (SSSR count). The highest BCUT2D eigenvalue weighted by Gasteiger charge is 2.22. The summed E-state index contributed by atoms with van der Waals surface area (Å²) < 4.78 is 6.92. The Hall–Kier alpha value is -5.48. The van der Waals surface area contributed by atoms with Gasteiger partial charge in [0.15, 0.2) is 0 Å². The Bertz CT molecular complexity index is 1890. The van der Waals surface area contributed by atoms with Crippen LogP contribution in [0.25, 0.3) is 11.1 Å². The van der Waals surface area contributed by atoms with Crippen LogP contribution >= 0.6 is 0 Å². The van der Waals surface area contributed by atoms with E-state index < -0.39 is 5.91 Å². The molecule has 0 unspecified atom stereocenters. The largest absolute Gasteiger partial charge is 0.378 e. The smallest absolute Gasteiger partial charge is 0.256 e. The van der Waals surface area contributed by atoms with E-state index in [1.165, 1.54) is 0 Å². The van der Waals surface area contributed by atoms with Crippen LogP contribution in [0.3, 0.4) is 0 Å². The summed E-state index contributed by atoms with van der Waals surface area (Å²) in [6.45, 7) is 7.31. The molecule has 2 N–H and O–H groups in total. The van der Waals surface area contributed by atoms with Crippen molar-refractivity contribution in [2.45, 2.75) is 13.3 Å². The van der Waals surface area contributed by atoms with Gasteiger partial charge in [-0.25, -0.2) is 0 Å². The van der Waals surface area contributed by atoms with Crippen LogP contribution in [-0.2, 0) is 23.0 Å². The van der Waals surface area contributed by atoms with Gasteiger partial charge in [0.05, 0.1) is 24.5 Å². The Morgan fingerprint density at radius 3 is 2.36 bits per heavy atom. The standard InChI is InChI=1S/C37H39N5O5/c1-6-34(43)38-33-21-25(10-15-31(33)37(46)42-16-18-47-19-17-42)20-27-22-28(23-41(5)36(27)45)30-8-7-9-32(24(30)2)39-35(44)26-11-13-29(14-12-26)40(3)4/h6-15,21-23H,1,16-20H2,2-5H3,(H,38,43)(H,39,44). The summed E-state index contributed by atoms with van der Waals surface area (Å²) in [4.78, 5) is 55.7. The van der Waals surface area contributed by atoms with E-state index in [9.17, 15) is 19.2 Å². The molecule has 1 fully saturated rings. The molecule has 0 aliphatic carbocycles. The van der Waals surface area contributed by atoms with Gasteiger partial charge in [-0.2, -0.15) is 0 Å². The van der Waals surface area contributed by atoms with Gasteiger partial charge in [0.25, 0.3) is 17.4 Å². The van der Waals surface area contributed by atoms with Crippen LogP contribution in [0.5, 0.6) is 0 Å². The molecule has 1 aliphatic rings. The maximum Gasteiger partial charge on any atom is 0.256 e. The number of nitrogens with zero attached hydrogens (tertiary/aromatic N) is 3. The van der Waals surface area contributed by atoms with Crippen molar-refractivity contribution in [1.29, 1.82) is 0 Å². The Balaban J connectivity index is 1.43. The quantitative estimate of drug-likeness (QED) is 0.255. The number of aryl methyl sites for hydroxylation is 1. The third kappa shape index (κ3) is 7.50. The van der Waals surface area contributed by atoms with Gasteiger partial charge in [-0.1, -0.05) is 24.8 Å². The summed E-state index contributed by atoms with van der Waals surface area (Å²) >= 11 is 0. The zero-order chi connectivity index (χ0) is 33.7.